The van der Waals surface area contributed by atoms with Crippen LogP contribution in [0.1, 0.15) is 38.1 Å². The van der Waals surface area contributed by atoms with Gasteiger partial charge in [-0.1, -0.05) is 18.2 Å². The van der Waals surface area contributed by atoms with E-state index in [0.29, 0.717) is 12.1 Å². The molecule has 0 radical (unpaired) electrons. The molecule has 1 aromatic carbocycles. The fourth-order valence-electron chi connectivity index (χ4n) is 2.09. The van der Waals surface area contributed by atoms with E-state index in [-0.39, 0.29) is 11.4 Å². The van der Waals surface area contributed by atoms with E-state index in [1.807, 2.05) is 26.8 Å². The minimum absolute atomic E-state index is 0.135. The Labute approximate surface area is 113 Å². The van der Waals surface area contributed by atoms with E-state index in [0.717, 1.165) is 0 Å². The van der Waals surface area contributed by atoms with Gasteiger partial charge in [-0.15, -0.1) is 0 Å². The second-order valence-electron chi connectivity index (χ2n) is 6.05. The quantitative estimate of drug-likeness (QED) is 0.606. The van der Waals surface area contributed by atoms with Gasteiger partial charge in [0.25, 0.3) is 5.91 Å². The number of benzene rings is 1. The zero-order valence-electron chi connectivity index (χ0n) is 11.8. The smallest absolute Gasteiger partial charge is 0.339 e. The molecule has 1 saturated heterocycles. The van der Waals surface area contributed by atoms with E-state index >= 15 is 0 Å². The highest BCUT2D eigenvalue weighted by molar-refractivity contribution is 5.97. The third kappa shape index (κ3) is 2.48. The van der Waals surface area contributed by atoms with Crippen LogP contribution in [0.15, 0.2) is 30.3 Å². The van der Waals surface area contributed by atoms with Crippen molar-refractivity contribution in [3.63, 3.8) is 0 Å². The number of ether oxygens (including phenoxy) is 1. The standard InChI is InChI=1S/C15H19NO3/c1-14(2,3)16-10-15(4,13(16)18)19-12(17)11-8-6-5-7-9-11/h5-9H,10H2,1-4H3/t15-/m0/s1. The molecule has 0 N–H and O–H groups in total. The van der Waals surface area contributed by atoms with E-state index in [4.69, 9.17) is 4.74 Å². The van der Waals surface area contributed by atoms with Crippen molar-refractivity contribution in [2.24, 2.45) is 0 Å². The lowest BCUT2D eigenvalue weighted by Gasteiger charge is -2.51. The highest BCUT2D eigenvalue weighted by Gasteiger charge is 2.55. The fraction of sp³-hybridized carbons (Fsp3) is 0.467. The average Bonchev–Trinajstić information content (AvgIpc) is 2.35. The van der Waals surface area contributed by atoms with E-state index in [1.165, 1.54) is 0 Å². The number of rotatable bonds is 2. The van der Waals surface area contributed by atoms with Crippen molar-refractivity contribution in [3.05, 3.63) is 35.9 Å². The van der Waals surface area contributed by atoms with Crippen LogP contribution >= 0.6 is 0 Å². The molecule has 0 aliphatic carbocycles. The van der Waals surface area contributed by atoms with E-state index < -0.39 is 11.6 Å². The maximum Gasteiger partial charge on any atom is 0.339 e. The van der Waals surface area contributed by atoms with Crippen molar-refractivity contribution in [2.45, 2.75) is 38.8 Å². The van der Waals surface area contributed by atoms with Gasteiger partial charge >= 0.3 is 5.97 Å². The van der Waals surface area contributed by atoms with Crippen LogP contribution in [-0.2, 0) is 9.53 Å². The lowest BCUT2D eigenvalue weighted by atomic mass is 9.88. The van der Waals surface area contributed by atoms with E-state index in [2.05, 4.69) is 0 Å². The molecule has 0 aromatic heterocycles. The van der Waals surface area contributed by atoms with Gasteiger partial charge in [0, 0.05) is 5.54 Å². The maximum atomic E-state index is 12.1. The summed E-state index contributed by atoms with van der Waals surface area (Å²) in [7, 11) is 0. The van der Waals surface area contributed by atoms with Gasteiger partial charge in [0.05, 0.1) is 12.1 Å². The van der Waals surface area contributed by atoms with E-state index in [9.17, 15) is 9.59 Å². The van der Waals surface area contributed by atoms with Crippen LogP contribution in [-0.4, -0.2) is 34.5 Å². The summed E-state index contributed by atoms with van der Waals surface area (Å²) in [6.07, 6.45) is 0. The maximum absolute atomic E-state index is 12.1. The molecule has 4 heteroatoms. The molecule has 1 aliphatic rings. The summed E-state index contributed by atoms with van der Waals surface area (Å²) in [5, 5.41) is 0. The van der Waals surface area contributed by atoms with Crippen LogP contribution in [0.2, 0.25) is 0 Å². The molecule has 0 bridgehead atoms. The van der Waals surface area contributed by atoms with Crippen LogP contribution in [0.3, 0.4) is 0 Å². The van der Waals surface area contributed by atoms with Crippen molar-refractivity contribution in [2.75, 3.05) is 6.54 Å². The first-order chi connectivity index (χ1) is 8.74. The molecule has 0 unspecified atom stereocenters. The summed E-state index contributed by atoms with van der Waals surface area (Å²) in [5.74, 6) is -0.589. The largest absolute Gasteiger partial charge is 0.444 e. The number of carbonyl (C=O) groups excluding carboxylic acids is 2. The van der Waals surface area contributed by atoms with Crippen molar-refractivity contribution in [1.29, 1.82) is 0 Å². The molecule has 1 aliphatic heterocycles. The third-order valence-electron chi connectivity index (χ3n) is 3.29. The summed E-state index contributed by atoms with van der Waals surface area (Å²) in [4.78, 5) is 25.8. The molecule has 1 fully saturated rings. The lowest BCUT2D eigenvalue weighted by Crippen LogP contribution is -2.71. The molecule has 19 heavy (non-hydrogen) atoms. The van der Waals surface area contributed by atoms with Gasteiger partial charge in [0.15, 0.2) is 0 Å². The van der Waals surface area contributed by atoms with Crippen LogP contribution in [0.5, 0.6) is 0 Å². The Kier molecular flexibility index (Phi) is 3.12. The van der Waals surface area contributed by atoms with Gasteiger partial charge in [0.1, 0.15) is 0 Å². The van der Waals surface area contributed by atoms with Crippen LogP contribution < -0.4 is 0 Å². The number of carbonyl (C=O) groups is 2. The topological polar surface area (TPSA) is 46.6 Å². The molecule has 102 valence electrons. The molecule has 4 nitrogen and oxygen atoms in total. The molecule has 1 aromatic rings. The Morgan fingerprint density at radius 3 is 2.32 bits per heavy atom. The first-order valence-electron chi connectivity index (χ1n) is 6.34. The van der Waals surface area contributed by atoms with Crippen LogP contribution in [0.25, 0.3) is 0 Å². The Balaban J connectivity index is 2.06. The zero-order valence-corrected chi connectivity index (χ0v) is 11.8. The number of likely N-dealkylation sites (tertiary alicyclic amines) is 1. The third-order valence-corrected chi connectivity index (χ3v) is 3.29. The van der Waals surface area contributed by atoms with Crippen molar-refractivity contribution >= 4 is 11.9 Å². The minimum Gasteiger partial charge on any atom is -0.444 e. The SMILES string of the molecule is CC(C)(C)N1C[C@](C)(OC(=O)c2ccccc2)C1=O. The number of β-lactam (4-membered cyclic amide) rings is 1. The zero-order chi connectivity index (χ0) is 14.3. The van der Waals surface area contributed by atoms with Crippen molar-refractivity contribution in [3.8, 4) is 0 Å². The molecular formula is C15H19NO3. The summed E-state index contributed by atoms with van der Waals surface area (Å²) >= 11 is 0. The van der Waals surface area contributed by atoms with Crippen LogP contribution in [0, 0.1) is 0 Å². The number of amides is 1. The lowest BCUT2D eigenvalue weighted by molar-refractivity contribution is -0.182. The number of nitrogens with zero attached hydrogens (tertiary/aromatic N) is 1. The molecule has 2 rings (SSSR count). The van der Waals surface area contributed by atoms with Gasteiger partial charge in [-0.2, -0.15) is 0 Å². The monoisotopic (exact) mass is 261 g/mol. The molecule has 1 amide bonds. The summed E-state index contributed by atoms with van der Waals surface area (Å²) in [6.45, 7) is 7.99. The summed E-state index contributed by atoms with van der Waals surface area (Å²) in [5.41, 5.74) is -0.804. The van der Waals surface area contributed by atoms with E-state index in [1.54, 1.807) is 36.1 Å². The first-order valence-corrected chi connectivity index (χ1v) is 6.34. The Morgan fingerprint density at radius 2 is 1.84 bits per heavy atom. The molecule has 0 spiro atoms. The van der Waals surface area contributed by atoms with Crippen molar-refractivity contribution in [1.82, 2.24) is 4.90 Å². The number of esters is 1. The summed E-state index contributed by atoms with van der Waals surface area (Å²) in [6, 6.07) is 8.72. The highest BCUT2D eigenvalue weighted by Crippen LogP contribution is 2.33. The number of hydrogen-bond acceptors (Lipinski definition) is 3. The first kappa shape index (κ1) is 13.6. The average molecular weight is 261 g/mol. The normalized spacial score (nSPS) is 22.9. The summed E-state index contributed by atoms with van der Waals surface area (Å²) < 4.78 is 5.37. The predicted octanol–water partition coefficient (Wildman–Crippen LogP) is 2.24. The number of hydrogen-bond donors (Lipinski definition) is 0. The molecular weight excluding hydrogens is 242 g/mol. The Hall–Kier alpha value is -1.84. The predicted molar refractivity (Wildman–Crippen MR) is 71.7 cm³/mol. The molecule has 0 saturated carbocycles. The van der Waals surface area contributed by atoms with Gasteiger partial charge in [-0.3, -0.25) is 4.79 Å². The molecule has 1 atom stereocenters. The van der Waals surface area contributed by atoms with Crippen LogP contribution in [0.4, 0.5) is 0 Å². The highest BCUT2D eigenvalue weighted by atomic mass is 16.6. The van der Waals surface area contributed by atoms with Crippen molar-refractivity contribution < 1.29 is 14.3 Å². The van der Waals surface area contributed by atoms with Gasteiger partial charge in [0.2, 0.25) is 5.60 Å². The minimum atomic E-state index is -1.03. The Morgan fingerprint density at radius 1 is 1.26 bits per heavy atom. The fourth-order valence-corrected chi connectivity index (χ4v) is 2.09. The second-order valence-corrected chi connectivity index (χ2v) is 6.05. The Bertz CT molecular complexity index is 504. The van der Waals surface area contributed by atoms with Gasteiger partial charge in [-0.25, -0.2) is 4.79 Å². The van der Waals surface area contributed by atoms with Gasteiger partial charge < -0.3 is 9.64 Å². The molecule has 1 heterocycles. The second kappa shape index (κ2) is 4.37. The van der Waals surface area contributed by atoms with Gasteiger partial charge in [-0.05, 0) is 39.8 Å².